The second-order valence-corrected chi connectivity index (χ2v) is 6.58. The van der Waals surface area contributed by atoms with Crippen LogP contribution in [-0.2, 0) is 19.6 Å². The summed E-state index contributed by atoms with van der Waals surface area (Å²) in [5, 5.41) is 3.33. The molecule has 2 rings (SSSR count). The van der Waals surface area contributed by atoms with E-state index in [1.54, 1.807) is 0 Å². The van der Waals surface area contributed by atoms with Crippen molar-refractivity contribution >= 4 is 16.0 Å². The average molecular weight is 262 g/mol. The monoisotopic (exact) mass is 262 g/mol. The van der Waals surface area contributed by atoms with Gasteiger partial charge in [-0.3, -0.25) is 4.79 Å². The lowest BCUT2D eigenvalue weighted by atomic mass is 9.94. The van der Waals surface area contributed by atoms with Gasteiger partial charge in [0.15, 0.2) is 5.75 Å². The molecule has 2 atom stereocenters. The molecular formula is C10H18N2O4S. The van der Waals surface area contributed by atoms with Crippen LogP contribution in [0.4, 0.5) is 0 Å². The van der Waals surface area contributed by atoms with Crippen LogP contribution in [0.25, 0.3) is 0 Å². The number of carbonyl (C=O) groups is 1. The maximum atomic E-state index is 11.9. The quantitative estimate of drug-likeness (QED) is 0.672. The Bertz CT molecular complexity index is 381. The van der Waals surface area contributed by atoms with E-state index < -0.39 is 21.7 Å². The smallest absolute Gasteiger partial charge is 0.322 e. The Hall–Kier alpha value is -0.660. The van der Waals surface area contributed by atoms with Crippen LogP contribution in [0.1, 0.15) is 12.8 Å². The summed E-state index contributed by atoms with van der Waals surface area (Å²) in [4.78, 5) is 11.1. The minimum absolute atomic E-state index is 0.246. The van der Waals surface area contributed by atoms with Gasteiger partial charge in [0.25, 0.3) is 0 Å². The maximum Gasteiger partial charge on any atom is 0.322 e. The fourth-order valence-electron chi connectivity index (χ4n) is 2.53. The van der Waals surface area contributed by atoms with E-state index >= 15 is 0 Å². The van der Waals surface area contributed by atoms with Crippen LogP contribution in [0.2, 0.25) is 0 Å². The fourth-order valence-corrected chi connectivity index (χ4v) is 3.94. The van der Waals surface area contributed by atoms with Gasteiger partial charge in [-0.15, -0.1) is 0 Å². The van der Waals surface area contributed by atoms with Crippen molar-refractivity contribution in [3.63, 3.8) is 0 Å². The van der Waals surface area contributed by atoms with Gasteiger partial charge < -0.3 is 10.1 Å². The summed E-state index contributed by atoms with van der Waals surface area (Å²) in [5.41, 5.74) is 0. The number of esters is 1. The van der Waals surface area contributed by atoms with Crippen molar-refractivity contribution in [1.82, 2.24) is 9.62 Å². The van der Waals surface area contributed by atoms with Gasteiger partial charge in [-0.05, 0) is 25.3 Å². The Labute approximate surface area is 101 Å². The number of nitrogens with one attached hydrogen (secondary N) is 1. The minimum Gasteiger partial charge on any atom is -0.468 e. The molecule has 0 bridgehead atoms. The van der Waals surface area contributed by atoms with Crippen molar-refractivity contribution in [1.29, 1.82) is 0 Å². The summed E-state index contributed by atoms with van der Waals surface area (Å²) >= 11 is 0. The molecule has 0 saturated carbocycles. The molecule has 6 nitrogen and oxygen atoms in total. The Kier molecular flexibility index (Phi) is 3.70. The molecule has 98 valence electrons. The Balaban J connectivity index is 2.01. The predicted octanol–water partition coefficient (Wildman–Crippen LogP) is -0.827. The number of ether oxygens (including phenoxy) is 1. The van der Waals surface area contributed by atoms with Gasteiger partial charge in [0.2, 0.25) is 10.0 Å². The van der Waals surface area contributed by atoms with E-state index in [0.717, 1.165) is 19.4 Å². The zero-order valence-electron chi connectivity index (χ0n) is 9.89. The Morgan fingerprint density at radius 2 is 2.24 bits per heavy atom. The van der Waals surface area contributed by atoms with Gasteiger partial charge in [0.05, 0.1) is 7.11 Å². The van der Waals surface area contributed by atoms with Crippen LogP contribution in [0.5, 0.6) is 0 Å². The summed E-state index contributed by atoms with van der Waals surface area (Å²) in [7, 11) is -2.31. The molecule has 0 amide bonds. The molecule has 17 heavy (non-hydrogen) atoms. The van der Waals surface area contributed by atoms with Crippen LogP contribution in [0.15, 0.2) is 0 Å². The number of carbonyl (C=O) groups excluding carboxylic acids is 1. The van der Waals surface area contributed by atoms with E-state index in [-0.39, 0.29) is 6.04 Å². The Morgan fingerprint density at radius 3 is 2.88 bits per heavy atom. The fraction of sp³-hybridized carbons (Fsp3) is 0.900. The third kappa shape index (κ3) is 2.78. The third-order valence-electron chi connectivity index (χ3n) is 3.49. The van der Waals surface area contributed by atoms with Gasteiger partial charge in [-0.2, -0.15) is 4.31 Å². The second-order valence-electron chi connectivity index (χ2n) is 4.61. The van der Waals surface area contributed by atoms with Gasteiger partial charge >= 0.3 is 5.97 Å². The van der Waals surface area contributed by atoms with Crippen LogP contribution in [0.3, 0.4) is 0 Å². The average Bonchev–Trinajstić information content (AvgIpc) is 2.72. The molecule has 2 fully saturated rings. The third-order valence-corrected chi connectivity index (χ3v) is 5.17. The summed E-state index contributed by atoms with van der Waals surface area (Å²) in [6.45, 7) is 1.95. The SMILES string of the molecule is COC(=O)CS(=O)(=O)N1CC2CCCNC2C1. The van der Waals surface area contributed by atoms with Crippen molar-refractivity contribution in [3.8, 4) is 0 Å². The molecule has 1 N–H and O–H groups in total. The highest BCUT2D eigenvalue weighted by atomic mass is 32.2. The normalized spacial score (nSPS) is 29.9. The van der Waals surface area contributed by atoms with Crippen molar-refractivity contribution in [2.45, 2.75) is 18.9 Å². The number of piperidine rings is 1. The van der Waals surface area contributed by atoms with Gasteiger partial charge in [0.1, 0.15) is 0 Å². The molecule has 0 radical (unpaired) electrons. The molecule has 7 heteroatoms. The van der Waals surface area contributed by atoms with E-state index in [0.29, 0.717) is 19.0 Å². The number of nitrogens with zero attached hydrogens (tertiary/aromatic N) is 1. The molecule has 2 aliphatic heterocycles. The first-order chi connectivity index (χ1) is 8.03. The lowest BCUT2D eigenvalue weighted by molar-refractivity contribution is -0.137. The topological polar surface area (TPSA) is 75.7 Å². The minimum atomic E-state index is -3.51. The van der Waals surface area contributed by atoms with Crippen LogP contribution in [0, 0.1) is 5.92 Å². The van der Waals surface area contributed by atoms with Crippen molar-refractivity contribution in [2.24, 2.45) is 5.92 Å². The highest BCUT2D eigenvalue weighted by molar-refractivity contribution is 7.89. The van der Waals surface area contributed by atoms with Crippen LogP contribution >= 0.6 is 0 Å². The van der Waals surface area contributed by atoms with E-state index in [1.165, 1.54) is 11.4 Å². The number of fused-ring (bicyclic) bond motifs is 1. The summed E-state index contributed by atoms with van der Waals surface area (Å²) in [6.07, 6.45) is 2.15. The lowest BCUT2D eigenvalue weighted by Gasteiger charge is -2.24. The molecule has 2 unspecified atom stereocenters. The molecule has 0 aliphatic carbocycles. The molecule has 0 aromatic carbocycles. The number of hydrogen-bond donors (Lipinski definition) is 1. The zero-order chi connectivity index (χ0) is 12.5. The van der Waals surface area contributed by atoms with Crippen molar-refractivity contribution < 1.29 is 17.9 Å². The molecule has 2 heterocycles. The first-order valence-corrected chi connectivity index (χ1v) is 7.42. The van der Waals surface area contributed by atoms with E-state index in [2.05, 4.69) is 10.1 Å². The summed E-state index contributed by atoms with van der Waals surface area (Å²) < 4.78 is 29.7. The van der Waals surface area contributed by atoms with E-state index in [4.69, 9.17) is 0 Å². The van der Waals surface area contributed by atoms with Gasteiger partial charge in [0, 0.05) is 19.1 Å². The largest absolute Gasteiger partial charge is 0.468 e. The number of sulfonamides is 1. The highest BCUT2D eigenvalue weighted by Crippen LogP contribution is 2.26. The van der Waals surface area contributed by atoms with Crippen LogP contribution in [-0.4, -0.2) is 57.2 Å². The molecule has 0 spiro atoms. The van der Waals surface area contributed by atoms with Crippen molar-refractivity contribution in [2.75, 3.05) is 32.5 Å². The predicted molar refractivity (Wildman–Crippen MR) is 61.9 cm³/mol. The van der Waals surface area contributed by atoms with Crippen LogP contribution < -0.4 is 5.32 Å². The molecule has 0 aromatic rings. The second kappa shape index (κ2) is 4.91. The zero-order valence-corrected chi connectivity index (χ0v) is 10.7. The first kappa shape index (κ1) is 12.8. The molecule has 2 aliphatic rings. The highest BCUT2D eigenvalue weighted by Gasteiger charge is 2.40. The van der Waals surface area contributed by atoms with Crippen molar-refractivity contribution in [3.05, 3.63) is 0 Å². The lowest BCUT2D eigenvalue weighted by Crippen LogP contribution is -2.41. The maximum absolute atomic E-state index is 11.9. The standard InChI is InChI=1S/C10H18N2O4S/c1-16-10(13)7-17(14,15)12-5-8-3-2-4-11-9(8)6-12/h8-9,11H,2-7H2,1H3. The summed E-state index contributed by atoms with van der Waals surface area (Å²) in [5.74, 6) is -0.868. The first-order valence-electron chi connectivity index (χ1n) is 5.81. The van der Waals surface area contributed by atoms with Gasteiger partial charge in [-0.25, -0.2) is 8.42 Å². The number of methoxy groups -OCH3 is 1. The van der Waals surface area contributed by atoms with E-state index in [1.807, 2.05) is 0 Å². The van der Waals surface area contributed by atoms with E-state index in [9.17, 15) is 13.2 Å². The number of hydrogen-bond acceptors (Lipinski definition) is 5. The number of rotatable bonds is 3. The Morgan fingerprint density at radius 1 is 1.47 bits per heavy atom. The summed E-state index contributed by atoms with van der Waals surface area (Å²) in [6, 6.07) is 0.246. The molecule has 2 saturated heterocycles. The molecule has 0 aromatic heterocycles. The van der Waals surface area contributed by atoms with Gasteiger partial charge in [-0.1, -0.05) is 0 Å². The molecular weight excluding hydrogens is 244 g/mol.